The zero-order chi connectivity index (χ0) is 26.3. The van der Waals surface area contributed by atoms with Crippen LogP contribution in [0.3, 0.4) is 0 Å². The zero-order valence-electron chi connectivity index (χ0n) is 20.1. The topological polar surface area (TPSA) is 96.5 Å². The van der Waals surface area contributed by atoms with Gasteiger partial charge in [-0.25, -0.2) is 0 Å². The first-order valence-corrected chi connectivity index (χ1v) is 11.9. The number of benzene rings is 2. The highest BCUT2D eigenvalue weighted by molar-refractivity contribution is 6.42. The smallest absolute Gasteiger partial charge is 0.254 e. The summed E-state index contributed by atoms with van der Waals surface area (Å²) in [7, 11) is 17.8. The minimum Gasteiger partial charge on any atom is -0.489 e. The molecule has 0 aromatic heterocycles. The zero-order valence-corrected chi connectivity index (χ0v) is 20.1. The van der Waals surface area contributed by atoms with E-state index in [0.717, 1.165) is 11.1 Å². The van der Waals surface area contributed by atoms with E-state index < -0.39 is 29.0 Å². The van der Waals surface area contributed by atoms with Gasteiger partial charge in [-0.3, -0.25) is 19.2 Å². The van der Waals surface area contributed by atoms with Crippen molar-refractivity contribution in [3.05, 3.63) is 64.7 Å². The summed E-state index contributed by atoms with van der Waals surface area (Å²) in [4.78, 5) is 53.3. The van der Waals surface area contributed by atoms with Gasteiger partial charge in [0, 0.05) is 30.0 Å². The van der Waals surface area contributed by atoms with Crippen molar-refractivity contribution in [2.45, 2.75) is 37.4 Å². The number of imide groups is 1. The molecule has 2 atom stereocenters. The second kappa shape index (κ2) is 9.74. The van der Waals surface area contributed by atoms with Gasteiger partial charge in [0.15, 0.2) is 0 Å². The van der Waals surface area contributed by atoms with E-state index in [4.69, 9.17) is 33.1 Å². The Kier molecular flexibility index (Phi) is 6.62. The standard InChI is InChI=1S/C25H22B3N3O6/c26-19-10-25(27,24(35)31(28)23(19)34)30-12-18-17(22(30)33)2-1-3-20(18)37-13-16-6-4-15(5-7-16)11-29-8-9-36-14-21(29)32/h1-7,19H,8-14H2. The Hall–Kier alpha value is -3.53. The molecule has 0 saturated carbocycles. The Morgan fingerprint density at radius 1 is 1.05 bits per heavy atom. The van der Waals surface area contributed by atoms with Crippen LogP contribution in [-0.4, -0.2) is 87.1 Å². The highest BCUT2D eigenvalue weighted by Crippen LogP contribution is 2.39. The highest BCUT2D eigenvalue weighted by Gasteiger charge is 2.51. The molecule has 12 heteroatoms. The van der Waals surface area contributed by atoms with Crippen molar-refractivity contribution in [1.29, 1.82) is 0 Å². The van der Waals surface area contributed by atoms with Gasteiger partial charge in [0.05, 0.1) is 26.4 Å². The molecule has 4 amide bonds. The molecule has 9 nitrogen and oxygen atoms in total. The maximum Gasteiger partial charge on any atom is 0.254 e. The van der Waals surface area contributed by atoms with Crippen LogP contribution in [0.2, 0.25) is 5.82 Å². The van der Waals surface area contributed by atoms with Crippen LogP contribution in [0, 0.1) is 0 Å². The molecule has 2 fully saturated rings. The van der Waals surface area contributed by atoms with Crippen molar-refractivity contribution in [1.82, 2.24) is 14.6 Å². The number of ether oxygens (including phenoxy) is 2. The van der Waals surface area contributed by atoms with E-state index in [1.54, 1.807) is 23.1 Å². The van der Waals surface area contributed by atoms with Gasteiger partial charge in [0.2, 0.25) is 25.7 Å². The summed E-state index contributed by atoms with van der Waals surface area (Å²) >= 11 is 0. The number of fused-ring (bicyclic) bond motifs is 1. The van der Waals surface area contributed by atoms with Crippen LogP contribution in [0.15, 0.2) is 42.5 Å². The highest BCUT2D eigenvalue weighted by atomic mass is 16.5. The minimum absolute atomic E-state index is 0.00778. The molecule has 2 unspecified atom stereocenters. The molecule has 2 saturated heterocycles. The third kappa shape index (κ3) is 4.54. The molecule has 6 radical (unpaired) electrons. The van der Waals surface area contributed by atoms with Crippen LogP contribution in [-0.2, 0) is 38.8 Å². The molecule has 3 aliphatic heterocycles. The normalized spacial score (nSPS) is 24.0. The van der Waals surface area contributed by atoms with Crippen molar-refractivity contribution >= 4 is 47.3 Å². The van der Waals surface area contributed by atoms with Crippen LogP contribution < -0.4 is 4.74 Å². The predicted molar refractivity (Wildman–Crippen MR) is 134 cm³/mol. The SMILES string of the molecule is [B]C1CC([B])(N2Cc3c(OCc4ccc(CN5CCOCC5=O)cc4)cccc3C2=O)C(=O)N([B])C1=O. The van der Waals surface area contributed by atoms with E-state index >= 15 is 0 Å². The van der Waals surface area contributed by atoms with Crippen LogP contribution in [0.1, 0.15) is 33.5 Å². The van der Waals surface area contributed by atoms with Gasteiger partial charge < -0.3 is 24.1 Å². The Balaban J connectivity index is 1.28. The molecular weight excluding hydrogens is 471 g/mol. The largest absolute Gasteiger partial charge is 0.489 e. The van der Waals surface area contributed by atoms with E-state index in [9.17, 15) is 19.2 Å². The van der Waals surface area contributed by atoms with Gasteiger partial charge in [-0.05, 0) is 29.7 Å². The molecule has 0 spiro atoms. The summed E-state index contributed by atoms with van der Waals surface area (Å²) in [6.45, 7) is 1.98. The Morgan fingerprint density at radius 3 is 2.51 bits per heavy atom. The number of hydrogen-bond acceptors (Lipinski definition) is 6. The third-order valence-corrected chi connectivity index (χ3v) is 6.96. The van der Waals surface area contributed by atoms with E-state index in [2.05, 4.69) is 0 Å². The van der Waals surface area contributed by atoms with Crippen molar-refractivity contribution in [2.75, 3.05) is 19.8 Å². The molecule has 5 rings (SSSR count). The number of nitrogens with zero attached hydrogens (tertiary/aromatic N) is 3. The maximum atomic E-state index is 13.2. The first kappa shape index (κ1) is 25.1. The molecule has 2 aromatic rings. The molecule has 37 heavy (non-hydrogen) atoms. The summed E-state index contributed by atoms with van der Waals surface area (Å²) in [5.41, 5.74) is 0.984. The second-order valence-electron chi connectivity index (χ2n) is 9.39. The van der Waals surface area contributed by atoms with Crippen molar-refractivity contribution in [2.24, 2.45) is 0 Å². The fraction of sp³-hybridized carbons (Fsp3) is 0.360. The minimum atomic E-state index is -1.85. The van der Waals surface area contributed by atoms with E-state index in [1.807, 2.05) is 24.3 Å². The molecule has 3 aliphatic rings. The molecule has 0 aliphatic carbocycles. The summed E-state index contributed by atoms with van der Waals surface area (Å²) in [5, 5.41) is 0. The van der Waals surface area contributed by atoms with E-state index in [0.29, 0.717) is 41.4 Å². The summed E-state index contributed by atoms with van der Waals surface area (Å²) in [6, 6.07) is 12.8. The number of morpholine rings is 1. The van der Waals surface area contributed by atoms with Gasteiger partial charge in [-0.2, -0.15) is 0 Å². The quantitative estimate of drug-likeness (QED) is 0.423. The number of hydrogen-bond donors (Lipinski definition) is 0. The number of carbonyl (C=O) groups excluding carboxylic acids is 4. The summed E-state index contributed by atoms with van der Waals surface area (Å²) < 4.78 is 11.2. The fourth-order valence-electron chi connectivity index (χ4n) is 4.82. The molecule has 182 valence electrons. The van der Waals surface area contributed by atoms with Gasteiger partial charge >= 0.3 is 0 Å². The van der Waals surface area contributed by atoms with E-state index in [-0.39, 0.29) is 32.1 Å². The summed E-state index contributed by atoms with van der Waals surface area (Å²) in [5.74, 6) is -2.75. The Bertz CT molecular complexity index is 1270. The van der Waals surface area contributed by atoms with Gasteiger partial charge in [0.1, 0.15) is 26.8 Å². The lowest BCUT2D eigenvalue weighted by Crippen LogP contribution is -2.65. The van der Waals surface area contributed by atoms with Crippen LogP contribution >= 0.6 is 0 Å². The average Bonchev–Trinajstić information content (AvgIpc) is 3.25. The number of carbonyl (C=O) groups is 4. The van der Waals surface area contributed by atoms with Crippen LogP contribution in [0.4, 0.5) is 0 Å². The van der Waals surface area contributed by atoms with Crippen LogP contribution in [0.5, 0.6) is 5.75 Å². The van der Waals surface area contributed by atoms with Crippen molar-refractivity contribution < 1.29 is 28.7 Å². The molecular formula is C25H22B3N3O6. The number of piperidine rings is 1. The number of rotatable bonds is 6. The lowest BCUT2D eigenvalue weighted by atomic mass is 9.61. The molecule has 0 N–H and O–H groups in total. The van der Waals surface area contributed by atoms with Crippen LogP contribution in [0.25, 0.3) is 0 Å². The first-order valence-electron chi connectivity index (χ1n) is 11.9. The van der Waals surface area contributed by atoms with Gasteiger partial charge in [0.25, 0.3) is 5.91 Å². The Labute approximate surface area is 218 Å². The van der Waals surface area contributed by atoms with Gasteiger partial charge in [-0.15, -0.1) is 0 Å². The number of amides is 4. The maximum absolute atomic E-state index is 13.2. The molecule has 3 heterocycles. The molecule has 0 bridgehead atoms. The van der Waals surface area contributed by atoms with Gasteiger partial charge in [-0.1, -0.05) is 30.3 Å². The third-order valence-electron chi connectivity index (χ3n) is 6.96. The summed E-state index contributed by atoms with van der Waals surface area (Å²) in [6.07, 6.45) is -0.239. The molecule has 2 aromatic carbocycles. The lowest BCUT2D eigenvalue weighted by molar-refractivity contribution is -0.147. The second-order valence-corrected chi connectivity index (χ2v) is 9.39. The average molecular weight is 493 g/mol. The Morgan fingerprint density at radius 2 is 1.78 bits per heavy atom. The predicted octanol–water partition coefficient (Wildman–Crippen LogP) is 0.244. The lowest BCUT2D eigenvalue weighted by Gasteiger charge is -2.46. The van der Waals surface area contributed by atoms with Crippen molar-refractivity contribution in [3.63, 3.8) is 0 Å². The monoisotopic (exact) mass is 493 g/mol. The van der Waals surface area contributed by atoms with E-state index in [1.165, 1.54) is 4.90 Å². The first-order chi connectivity index (χ1) is 17.7. The van der Waals surface area contributed by atoms with Crippen molar-refractivity contribution in [3.8, 4) is 5.75 Å². The fourth-order valence-corrected chi connectivity index (χ4v) is 4.82.